The van der Waals surface area contributed by atoms with Crippen molar-refractivity contribution < 1.29 is 4.79 Å². The van der Waals surface area contributed by atoms with Crippen molar-refractivity contribution in [2.75, 3.05) is 18.0 Å². The number of rotatable bonds is 4. The number of nitrogens with one attached hydrogen (secondary N) is 1. The molecule has 1 saturated heterocycles. The predicted molar refractivity (Wildman–Crippen MR) is 73.2 cm³/mol. The molecule has 1 amide bonds. The molecule has 1 unspecified atom stereocenters. The second-order valence-corrected chi connectivity index (χ2v) is 5.18. The molecule has 0 saturated carbocycles. The summed E-state index contributed by atoms with van der Waals surface area (Å²) >= 11 is 3.40. The molecule has 1 heterocycles. The highest BCUT2D eigenvalue weighted by Crippen LogP contribution is 2.23. The first-order valence-electron chi connectivity index (χ1n) is 6.02. The van der Waals surface area contributed by atoms with Gasteiger partial charge >= 0.3 is 0 Å². The van der Waals surface area contributed by atoms with Crippen molar-refractivity contribution in [2.24, 2.45) is 0 Å². The number of hydrogen-bond donors (Lipinski definition) is 1. The fraction of sp³-hybridized carbons (Fsp3) is 0.462. The van der Waals surface area contributed by atoms with Crippen LogP contribution in [0.1, 0.15) is 19.8 Å². The Labute approximate surface area is 110 Å². The molecule has 92 valence electrons. The molecule has 4 heteroatoms. The third-order valence-corrected chi connectivity index (χ3v) is 3.51. The van der Waals surface area contributed by atoms with Crippen LogP contribution in [0.5, 0.6) is 0 Å². The first kappa shape index (κ1) is 12.6. The van der Waals surface area contributed by atoms with E-state index in [0.717, 1.165) is 36.1 Å². The average Bonchev–Trinajstić information content (AvgIpc) is 2.69. The van der Waals surface area contributed by atoms with E-state index in [-0.39, 0.29) is 11.9 Å². The van der Waals surface area contributed by atoms with Crippen LogP contribution >= 0.6 is 15.9 Å². The smallest absolute Gasteiger partial charge is 0.244 e. The fourth-order valence-electron chi connectivity index (χ4n) is 2.07. The lowest BCUT2D eigenvalue weighted by molar-refractivity contribution is -0.118. The van der Waals surface area contributed by atoms with Crippen molar-refractivity contribution in [3.8, 4) is 0 Å². The van der Waals surface area contributed by atoms with Gasteiger partial charge in [-0.1, -0.05) is 22.9 Å². The van der Waals surface area contributed by atoms with Gasteiger partial charge in [0.25, 0.3) is 0 Å². The molecule has 17 heavy (non-hydrogen) atoms. The lowest BCUT2D eigenvalue weighted by atomic mass is 10.2. The quantitative estimate of drug-likeness (QED) is 0.926. The average molecular weight is 297 g/mol. The summed E-state index contributed by atoms with van der Waals surface area (Å²) in [6.07, 6.45) is 1.96. The Morgan fingerprint density at radius 3 is 2.76 bits per heavy atom. The van der Waals surface area contributed by atoms with Gasteiger partial charge in [0, 0.05) is 16.7 Å². The third-order valence-electron chi connectivity index (χ3n) is 2.98. The SMILES string of the molecule is CCCNC1CCN(c2ccc(Br)cc2)C1=O. The Balaban J connectivity index is 2.04. The zero-order valence-corrected chi connectivity index (χ0v) is 11.5. The molecule has 1 atom stereocenters. The van der Waals surface area contributed by atoms with E-state index in [1.807, 2.05) is 29.2 Å². The van der Waals surface area contributed by atoms with Crippen molar-refractivity contribution in [3.63, 3.8) is 0 Å². The maximum atomic E-state index is 12.1. The minimum Gasteiger partial charge on any atom is -0.311 e. The number of hydrogen-bond acceptors (Lipinski definition) is 2. The summed E-state index contributed by atoms with van der Waals surface area (Å²) in [4.78, 5) is 14.0. The number of halogens is 1. The Bertz CT molecular complexity index is 391. The van der Waals surface area contributed by atoms with Crippen LogP contribution in [0.2, 0.25) is 0 Å². The van der Waals surface area contributed by atoms with E-state index in [0.29, 0.717) is 0 Å². The van der Waals surface area contributed by atoms with E-state index in [1.165, 1.54) is 0 Å². The van der Waals surface area contributed by atoms with Crippen molar-refractivity contribution in [3.05, 3.63) is 28.7 Å². The summed E-state index contributed by atoms with van der Waals surface area (Å²) in [6, 6.07) is 7.89. The number of benzene rings is 1. The fourth-order valence-corrected chi connectivity index (χ4v) is 2.33. The molecular formula is C13H17BrN2O. The van der Waals surface area contributed by atoms with E-state index in [1.54, 1.807) is 0 Å². The highest BCUT2D eigenvalue weighted by Gasteiger charge is 2.31. The summed E-state index contributed by atoms with van der Waals surface area (Å²) in [5, 5.41) is 3.29. The van der Waals surface area contributed by atoms with E-state index < -0.39 is 0 Å². The molecule has 0 bridgehead atoms. The normalized spacial score (nSPS) is 20.0. The van der Waals surface area contributed by atoms with Crippen molar-refractivity contribution in [2.45, 2.75) is 25.8 Å². The van der Waals surface area contributed by atoms with Gasteiger partial charge in [-0.25, -0.2) is 0 Å². The van der Waals surface area contributed by atoms with Crippen LogP contribution in [0.3, 0.4) is 0 Å². The first-order chi connectivity index (χ1) is 8.22. The molecule has 0 aromatic heterocycles. The largest absolute Gasteiger partial charge is 0.311 e. The minimum absolute atomic E-state index is 0.00130. The van der Waals surface area contributed by atoms with Gasteiger partial charge < -0.3 is 10.2 Å². The first-order valence-corrected chi connectivity index (χ1v) is 6.82. The molecule has 3 nitrogen and oxygen atoms in total. The number of anilines is 1. The highest BCUT2D eigenvalue weighted by molar-refractivity contribution is 9.10. The molecule has 1 aliphatic rings. The summed E-state index contributed by atoms with van der Waals surface area (Å²) in [5.74, 6) is 0.195. The maximum Gasteiger partial charge on any atom is 0.244 e. The number of carbonyl (C=O) groups excluding carboxylic acids is 1. The van der Waals surface area contributed by atoms with Crippen molar-refractivity contribution in [1.82, 2.24) is 5.32 Å². The second-order valence-electron chi connectivity index (χ2n) is 4.26. The van der Waals surface area contributed by atoms with Gasteiger partial charge in [-0.05, 0) is 43.7 Å². The Morgan fingerprint density at radius 2 is 2.12 bits per heavy atom. The molecule has 1 N–H and O–H groups in total. The molecule has 1 aliphatic heterocycles. The Morgan fingerprint density at radius 1 is 1.41 bits per heavy atom. The maximum absolute atomic E-state index is 12.1. The number of carbonyl (C=O) groups is 1. The number of amides is 1. The summed E-state index contributed by atoms with van der Waals surface area (Å²) in [5.41, 5.74) is 0.985. The lowest BCUT2D eigenvalue weighted by Crippen LogP contribution is -2.38. The zero-order chi connectivity index (χ0) is 12.3. The molecule has 0 radical (unpaired) electrons. The predicted octanol–water partition coefficient (Wildman–Crippen LogP) is 2.55. The van der Waals surface area contributed by atoms with Gasteiger partial charge in [0.05, 0.1) is 6.04 Å². The number of nitrogens with zero attached hydrogens (tertiary/aromatic N) is 1. The van der Waals surface area contributed by atoms with E-state index >= 15 is 0 Å². The van der Waals surface area contributed by atoms with Crippen LogP contribution in [0.15, 0.2) is 28.7 Å². The third kappa shape index (κ3) is 2.87. The van der Waals surface area contributed by atoms with Gasteiger partial charge in [0.2, 0.25) is 5.91 Å². The summed E-state index contributed by atoms with van der Waals surface area (Å²) in [6.45, 7) is 3.82. The molecule has 1 fully saturated rings. The van der Waals surface area contributed by atoms with Gasteiger partial charge in [-0.3, -0.25) is 4.79 Å². The van der Waals surface area contributed by atoms with Gasteiger partial charge in [0.15, 0.2) is 0 Å². The van der Waals surface area contributed by atoms with Crippen LogP contribution in [-0.2, 0) is 4.79 Å². The van der Waals surface area contributed by atoms with E-state index in [9.17, 15) is 4.79 Å². The Kier molecular flexibility index (Phi) is 4.18. The van der Waals surface area contributed by atoms with Crippen LogP contribution in [0.4, 0.5) is 5.69 Å². The van der Waals surface area contributed by atoms with Crippen LogP contribution in [0.25, 0.3) is 0 Å². The molecular weight excluding hydrogens is 280 g/mol. The zero-order valence-electron chi connectivity index (χ0n) is 9.95. The lowest BCUT2D eigenvalue weighted by Gasteiger charge is -2.17. The molecule has 0 aliphatic carbocycles. The standard InChI is InChI=1S/C13H17BrN2O/c1-2-8-15-12-7-9-16(13(12)17)11-5-3-10(14)4-6-11/h3-6,12,15H,2,7-9H2,1H3. The van der Waals surface area contributed by atoms with Crippen LogP contribution in [-0.4, -0.2) is 25.0 Å². The van der Waals surface area contributed by atoms with Crippen molar-refractivity contribution in [1.29, 1.82) is 0 Å². The monoisotopic (exact) mass is 296 g/mol. The van der Waals surface area contributed by atoms with E-state index in [2.05, 4.69) is 28.2 Å². The highest BCUT2D eigenvalue weighted by atomic mass is 79.9. The Hall–Kier alpha value is -0.870. The molecule has 1 aromatic rings. The van der Waals surface area contributed by atoms with Crippen molar-refractivity contribution >= 4 is 27.5 Å². The van der Waals surface area contributed by atoms with E-state index in [4.69, 9.17) is 0 Å². The minimum atomic E-state index is -0.00130. The van der Waals surface area contributed by atoms with Crippen LogP contribution < -0.4 is 10.2 Å². The van der Waals surface area contributed by atoms with Gasteiger partial charge in [-0.15, -0.1) is 0 Å². The summed E-state index contributed by atoms with van der Waals surface area (Å²) in [7, 11) is 0. The second kappa shape index (κ2) is 5.65. The van der Waals surface area contributed by atoms with Crippen LogP contribution in [0, 0.1) is 0 Å². The summed E-state index contributed by atoms with van der Waals surface area (Å²) < 4.78 is 1.04. The van der Waals surface area contributed by atoms with Gasteiger partial charge in [0.1, 0.15) is 0 Å². The molecule has 1 aromatic carbocycles. The van der Waals surface area contributed by atoms with Gasteiger partial charge in [-0.2, -0.15) is 0 Å². The molecule has 2 rings (SSSR count). The molecule has 0 spiro atoms. The topological polar surface area (TPSA) is 32.3 Å².